The van der Waals surface area contributed by atoms with Crippen molar-refractivity contribution in [3.05, 3.63) is 94.9 Å². The first-order valence-corrected chi connectivity index (χ1v) is 16.1. The number of amides is 1. The Hall–Kier alpha value is -4.69. The van der Waals surface area contributed by atoms with Crippen molar-refractivity contribution in [2.75, 3.05) is 43.5 Å². The smallest absolute Gasteiger partial charge is 0.248 e. The van der Waals surface area contributed by atoms with Crippen LogP contribution in [0.25, 0.3) is 10.9 Å². The first kappa shape index (κ1) is 32.3. The number of rotatable bonds is 11. The lowest BCUT2D eigenvalue weighted by Crippen LogP contribution is -2.29. The summed E-state index contributed by atoms with van der Waals surface area (Å²) in [5.74, 6) is 0.274. The van der Waals surface area contributed by atoms with E-state index in [4.69, 9.17) is 25.8 Å². The number of nitriles is 1. The van der Waals surface area contributed by atoms with E-state index in [9.17, 15) is 14.4 Å². The fourth-order valence-electron chi connectivity index (χ4n) is 5.67. The lowest BCUT2D eigenvalue weighted by Gasteiger charge is -2.24. The number of pyridine rings is 1. The van der Waals surface area contributed by atoms with Crippen LogP contribution in [-0.4, -0.2) is 54.7 Å². The van der Waals surface area contributed by atoms with E-state index in [0.29, 0.717) is 75.4 Å². The van der Waals surface area contributed by atoms with Crippen molar-refractivity contribution >= 4 is 45.5 Å². The normalized spacial score (nSPS) is 16.7. The lowest BCUT2D eigenvalue weighted by molar-refractivity contribution is -0.111. The third-order valence-corrected chi connectivity index (χ3v) is 8.39. The molecule has 2 saturated heterocycles. The van der Waals surface area contributed by atoms with Gasteiger partial charge in [0.05, 0.1) is 40.7 Å². The van der Waals surface area contributed by atoms with Crippen LogP contribution in [0.4, 0.5) is 21.5 Å². The van der Waals surface area contributed by atoms with Crippen molar-refractivity contribution in [1.82, 2.24) is 9.88 Å². The van der Waals surface area contributed by atoms with Crippen molar-refractivity contribution in [2.24, 2.45) is 0 Å². The number of likely N-dealkylation sites (tertiary alicyclic amines) is 1. The minimum atomic E-state index is -0.340. The van der Waals surface area contributed by atoms with Crippen LogP contribution in [0.3, 0.4) is 0 Å². The molecule has 0 spiro atoms. The predicted octanol–water partition coefficient (Wildman–Crippen LogP) is 7.37. The van der Waals surface area contributed by atoms with Gasteiger partial charge in [-0.25, -0.2) is 4.39 Å². The number of hydrogen-bond acceptors (Lipinski definition) is 8. The third kappa shape index (κ3) is 8.37. The Morgan fingerprint density at radius 3 is 2.79 bits per heavy atom. The van der Waals surface area contributed by atoms with Gasteiger partial charge in [-0.1, -0.05) is 36.2 Å². The van der Waals surface area contributed by atoms with Gasteiger partial charge in [-0.3, -0.25) is 14.7 Å². The molecule has 0 aliphatic carbocycles. The van der Waals surface area contributed by atoms with E-state index in [1.807, 2.05) is 6.08 Å². The number of nitrogens with one attached hydrogen (secondary N) is 2. The van der Waals surface area contributed by atoms with Crippen LogP contribution in [0.2, 0.25) is 5.02 Å². The fraction of sp³-hybridized carbons (Fsp3) is 0.306. The fourth-order valence-corrected chi connectivity index (χ4v) is 5.91. The van der Waals surface area contributed by atoms with E-state index in [1.165, 1.54) is 37.6 Å². The number of halogens is 2. The van der Waals surface area contributed by atoms with E-state index in [-0.39, 0.29) is 24.4 Å². The highest BCUT2D eigenvalue weighted by molar-refractivity contribution is 6.32. The molecule has 3 aromatic carbocycles. The average Bonchev–Trinajstić information content (AvgIpc) is 3.59. The predicted molar refractivity (Wildman–Crippen MR) is 180 cm³/mol. The Balaban J connectivity index is 1.26. The van der Waals surface area contributed by atoms with Crippen molar-refractivity contribution < 1.29 is 23.4 Å². The number of ether oxygens (including phenoxy) is 3. The van der Waals surface area contributed by atoms with Gasteiger partial charge in [0.25, 0.3) is 0 Å². The van der Waals surface area contributed by atoms with Crippen LogP contribution < -0.4 is 20.1 Å². The number of carbonyl (C=O) groups is 1. The average molecular weight is 656 g/mol. The number of piperidine rings is 1. The van der Waals surface area contributed by atoms with Gasteiger partial charge in [0.1, 0.15) is 36.1 Å². The molecule has 0 saturated carbocycles. The molecule has 2 N–H and O–H groups in total. The quantitative estimate of drug-likeness (QED) is 0.161. The number of fused-ring (bicyclic) bond motifs is 1. The van der Waals surface area contributed by atoms with Crippen LogP contribution in [-0.2, 0) is 16.1 Å². The highest BCUT2D eigenvalue weighted by Crippen LogP contribution is 2.38. The van der Waals surface area contributed by atoms with Gasteiger partial charge >= 0.3 is 0 Å². The summed E-state index contributed by atoms with van der Waals surface area (Å²) in [7, 11) is 0. The SMILES string of the molecule is N#Cc1cnc2cc(O[C@H]3CCOC3)c(NC(=O)/C=C/CN3CCCCC3)cc2c1Nc1ccc(OCc2cccc(F)c2)c(Cl)c1. The van der Waals surface area contributed by atoms with E-state index >= 15 is 0 Å². The maximum Gasteiger partial charge on any atom is 0.248 e. The molecule has 1 atom stereocenters. The molecule has 242 valence electrons. The van der Waals surface area contributed by atoms with Crippen LogP contribution >= 0.6 is 11.6 Å². The van der Waals surface area contributed by atoms with Gasteiger partial charge in [-0.05, 0) is 67.9 Å². The number of hydrogen-bond donors (Lipinski definition) is 2. The molecule has 6 rings (SSSR count). The topological polar surface area (TPSA) is 109 Å². The number of anilines is 3. The number of benzene rings is 3. The molecule has 2 fully saturated rings. The van der Waals surface area contributed by atoms with Crippen LogP contribution in [0.1, 0.15) is 36.8 Å². The Morgan fingerprint density at radius 1 is 1.15 bits per heavy atom. The zero-order chi connectivity index (χ0) is 32.6. The summed E-state index contributed by atoms with van der Waals surface area (Å²) in [6.45, 7) is 4.01. The van der Waals surface area contributed by atoms with Crippen molar-refractivity contribution in [3.63, 3.8) is 0 Å². The summed E-state index contributed by atoms with van der Waals surface area (Å²) < 4.78 is 31.2. The van der Waals surface area contributed by atoms with Gasteiger partial charge in [0.15, 0.2) is 0 Å². The number of nitrogens with zero attached hydrogens (tertiary/aromatic N) is 3. The third-order valence-electron chi connectivity index (χ3n) is 8.10. The Kier molecular flexibility index (Phi) is 10.5. The van der Waals surface area contributed by atoms with Crippen molar-refractivity contribution in [1.29, 1.82) is 5.26 Å². The molecular weight excluding hydrogens is 621 g/mol. The summed E-state index contributed by atoms with van der Waals surface area (Å²) in [6, 6.07) is 17.1. The molecule has 9 nitrogen and oxygen atoms in total. The Labute approximate surface area is 277 Å². The van der Waals surface area contributed by atoms with Gasteiger partial charge in [-0.2, -0.15) is 5.26 Å². The molecule has 3 heterocycles. The number of aromatic nitrogens is 1. The van der Waals surface area contributed by atoms with Crippen molar-refractivity contribution in [2.45, 2.75) is 38.4 Å². The lowest BCUT2D eigenvalue weighted by atomic mass is 10.1. The van der Waals surface area contributed by atoms with Crippen LogP contribution in [0.5, 0.6) is 11.5 Å². The zero-order valence-electron chi connectivity index (χ0n) is 25.8. The van der Waals surface area contributed by atoms with Gasteiger partial charge in [0.2, 0.25) is 5.91 Å². The molecule has 1 aromatic heterocycles. The van der Waals surface area contributed by atoms with Gasteiger partial charge < -0.3 is 24.8 Å². The largest absolute Gasteiger partial charge is 0.487 e. The molecule has 47 heavy (non-hydrogen) atoms. The Bertz CT molecular complexity index is 1820. The van der Waals surface area contributed by atoms with Gasteiger partial charge in [-0.15, -0.1) is 0 Å². The molecule has 4 aromatic rings. The number of carbonyl (C=O) groups excluding carboxylic acids is 1. The maximum atomic E-state index is 13.6. The summed E-state index contributed by atoms with van der Waals surface area (Å²) in [5.41, 5.74) is 3.10. The Morgan fingerprint density at radius 2 is 2.02 bits per heavy atom. The highest BCUT2D eigenvalue weighted by Gasteiger charge is 2.21. The molecular formula is C36H35ClFN5O4. The van der Waals surface area contributed by atoms with Crippen LogP contribution in [0.15, 0.2) is 72.9 Å². The molecule has 0 bridgehead atoms. The molecule has 11 heteroatoms. The summed E-state index contributed by atoms with van der Waals surface area (Å²) in [4.78, 5) is 19.9. The van der Waals surface area contributed by atoms with E-state index < -0.39 is 0 Å². The maximum absolute atomic E-state index is 13.6. The zero-order valence-corrected chi connectivity index (χ0v) is 26.6. The second-order valence-corrected chi connectivity index (χ2v) is 12.0. The minimum Gasteiger partial charge on any atom is -0.487 e. The van der Waals surface area contributed by atoms with E-state index in [1.54, 1.807) is 48.5 Å². The molecule has 2 aliphatic heterocycles. The van der Waals surface area contributed by atoms with Crippen LogP contribution in [0, 0.1) is 17.1 Å². The standard InChI is InChI=1S/C36H35ClFN5O4/c37-30-17-27(9-10-33(30)46-22-24-6-4-7-26(38)16-24)41-36-25(20-39)21-40-31-19-34(47-28-11-15-45-23-28)32(18-29(31)36)42-35(44)8-5-14-43-12-2-1-3-13-43/h4-10,16-19,21,28H,1-3,11-15,22-23H2,(H,40,41)(H,42,44)/b8-5+/t28-/m0/s1. The molecule has 0 unspecified atom stereocenters. The first-order valence-electron chi connectivity index (χ1n) is 15.7. The highest BCUT2D eigenvalue weighted by atomic mass is 35.5. The van der Waals surface area contributed by atoms with Crippen molar-refractivity contribution in [3.8, 4) is 17.6 Å². The summed E-state index contributed by atoms with van der Waals surface area (Å²) in [6.07, 6.45) is 9.11. The minimum absolute atomic E-state index is 0.150. The molecule has 2 aliphatic rings. The summed E-state index contributed by atoms with van der Waals surface area (Å²) in [5, 5.41) is 17.2. The monoisotopic (exact) mass is 655 g/mol. The summed E-state index contributed by atoms with van der Waals surface area (Å²) >= 11 is 6.56. The molecule has 0 radical (unpaired) electrons. The van der Waals surface area contributed by atoms with E-state index in [0.717, 1.165) is 19.5 Å². The van der Waals surface area contributed by atoms with Gasteiger partial charge in [0, 0.05) is 42.4 Å². The van der Waals surface area contributed by atoms with E-state index in [2.05, 4.69) is 26.6 Å². The second kappa shape index (κ2) is 15.3. The molecule has 1 amide bonds. The second-order valence-electron chi connectivity index (χ2n) is 11.6. The first-order chi connectivity index (χ1) is 22.9.